The second kappa shape index (κ2) is 6.09. The highest BCUT2D eigenvalue weighted by atomic mass is 16.5. The second-order valence-corrected chi connectivity index (χ2v) is 4.31. The van der Waals surface area contributed by atoms with Crippen molar-refractivity contribution in [2.45, 2.75) is 19.9 Å². The van der Waals surface area contributed by atoms with Gasteiger partial charge in [-0.3, -0.25) is 4.79 Å². The average Bonchev–Trinajstić information content (AvgIpc) is 2.83. The summed E-state index contributed by atoms with van der Waals surface area (Å²) in [6.45, 7) is 2.30. The van der Waals surface area contributed by atoms with E-state index >= 15 is 0 Å². The van der Waals surface area contributed by atoms with Crippen LogP contribution in [0.5, 0.6) is 5.75 Å². The molecule has 100 valence electrons. The van der Waals surface area contributed by atoms with Crippen LogP contribution in [0.15, 0.2) is 40.8 Å². The summed E-state index contributed by atoms with van der Waals surface area (Å²) >= 11 is 0. The van der Waals surface area contributed by atoms with E-state index in [4.69, 9.17) is 9.15 Å². The van der Waals surface area contributed by atoms with Gasteiger partial charge >= 0.3 is 0 Å². The molecular formula is C15H17NO3. The number of amides is 1. The topological polar surface area (TPSA) is 51.5 Å². The van der Waals surface area contributed by atoms with Crippen LogP contribution in [-0.2, 0) is 17.8 Å². The van der Waals surface area contributed by atoms with Gasteiger partial charge in [0.05, 0.1) is 20.1 Å². The number of hydrogen-bond donors (Lipinski definition) is 1. The summed E-state index contributed by atoms with van der Waals surface area (Å²) in [5, 5.41) is 2.83. The van der Waals surface area contributed by atoms with E-state index < -0.39 is 0 Å². The maximum absolute atomic E-state index is 11.8. The van der Waals surface area contributed by atoms with Gasteiger partial charge < -0.3 is 14.5 Å². The molecule has 0 aliphatic carbocycles. The molecule has 0 radical (unpaired) electrons. The van der Waals surface area contributed by atoms with Crippen LogP contribution in [0.1, 0.15) is 17.1 Å². The molecule has 1 aromatic carbocycles. The predicted molar refractivity (Wildman–Crippen MR) is 72.0 cm³/mol. The first kappa shape index (κ1) is 13.2. The molecule has 1 heterocycles. The van der Waals surface area contributed by atoms with Gasteiger partial charge in [0.15, 0.2) is 0 Å². The van der Waals surface area contributed by atoms with Gasteiger partial charge in [-0.1, -0.05) is 12.1 Å². The summed E-state index contributed by atoms with van der Waals surface area (Å²) in [4.78, 5) is 11.8. The summed E-state index contributed by atoms with van der Waals surface area (Å²) in [5.41, 5.74) is 0.953. The fourth-order valence-electron chi connectivity index (χ4n) is 1.76. The Bertz CT molecular complexity index is 543. The number of aryl methyl sites for hydroxylation is 1. The van der Waals surface area contributed by atoms with E-state index in [1.165, 1.54) is 0 Å². The molecule has 4 heteroatoms. The quantitative estimate of drug-likeness (QED) is 0.897. The van der Waals surface area contributed by atoms with Crippen molar-refractivity contribution in [3.8, 4) is 5.75 Å². The fourth-order valence-corrected chi connectivity index (χ4v) is 1.76. The van der Waals surface area contributed by atoms with E-state index in [1.807, 2.05) is 43.3 Å². The SMILES string of the molecule is COc1ccc(CC(=O)NCc2ccc(C)o2)cc1. The third-order valence-electron chi connectivity index (χ3n) is 2.78. The Kier molecular flexibility index (Phi) is 4.23. The van der Waals surface area contributed by atoms with E-state index in [1.54, 1.807) is 7.11 Å². The Morgan fingerprint density at radius 2 is 1.95 bits per heavy atom. The zero-order valence-electron chi connectivity index (χ0n) is 11.1. The van der Waals surface area contributed by atoms with Crippen molar-refractivity contribution in [2.75, 3.05) is 7.11 Å². The van der Waals surface area contributed by atoms with Gasteiger partial charge in [-0.25, -0.2) is 0 Å². The number of ether oxygens (including phenoxy) is 1. The summed E-state index contributed by atoms with van der Waals surface area (Å²) in [7, 11) is 1.62. The Labute approximate surface area is 112 Å². The number of rotatable bonds is 5. The maximum atomic E-state index is 11.8. The zero-order chi connectivity index (χ0) is 13.7. The number of carbonyl (C=O) groups excluding carboxylic acids is 1. The van der Waals surface area contributed by atoms with Crippen LogP contribution in [0.4, 0.5) is 0 Å². The third kappa shape index (κ3) is 3.88. The second-order valence-electron chi connectivity index (χ2n) is 4.31. The molecule has 1 amide bonds. The summed E-state index contributed by atoms with van der Waals surface area (Å²) in [6, 6.07) is 11.2. The van der Waals surface area contributed by atoms with Gasteiger partial charge in [-0.05, 0) is 36.8 Å². The van der Waals surface area contributed by atoms with Gasteiger partial charge in [0.2, 0.25) is 5.91 Å². The molecule has 0 bridgehead atoms. The van der Waals surface area contributed by atoms with E-state index in [-0.39, 0.29) is 5.91 Å². The van der Waals surface area contributed by atoms with Crippen LogP contribution in [0.25, 0.3) is 0 Å². The number of furan rings is 1. The minimum absolute atomic E-state index is 0.0285. The molecule has 0 fully saturated rings. The Hall–Kier alpha value is -2.23. The van der Waals surface area contributed by atoms with Crippen molar-refractivity contribution in [1.82, 2.24) is 5.32 Å². The minimum Gasteiger partial charge on any atom is -0.497 e. The standard InChI is InChI=1S/C15H17NO3/c1-11-3-6-14(19-11)10-16-15(17)9-12-4-7-13(18-2)8-5-12/h3-8H,9-10H2,1-2H3,(H,16,17). The third-order valence-corrected chi connectivity index (χ3v) is 2.78. The van der Waals surface area contributed by atoms with Crippen LogP contribution in [0.3, 0.4) is 0 Å². The lowest BCUT2D eigenvalue weighted by molar-refractivity contribution is -0.120. The average molecular weight is 259 g/mol. The smallest absolute Gasteiger partial charge is 0.224 e. The molecule has 19 heavy (non-hydrogen) atoms. The lowest BCUT2D eigenvalue weighted by Gasteiger charge is -2.04. The van der Waals surface area contributed by atoms with Crippen LogP contribution >= 0.6 is 0 Å². The summed E-state index contributed by atoms with van der Waals surface area (Å²) in [5.74, 6) is 2.37. The highest BCUT2D eigenvalue weighted by Gasteiger charge is 2.05. The van der Waals surface area contributed by atoms with Crippen LogP contribution in [0, 0.1) is 6.92 Å². The summed E-state index contributed by atoms with van der Waals surface area (Å²) < 4.78 is 10.5. The van der Waals surface area contributed by atoms with E-state index in [0.29, 0.717) is 13.0 Å². The molecule has 0 atom stereocenters. The van der Waals surface area contributed by atoms with Crippen molar-refractivity contribution < 1.29 is 13.9 Å². The molecule has 0 aliphatic heterocycles. The van der Waals surface area contributed by atoms with Gasteiger partial charge in [0.1, 0.15) is 17.3 Å². The molecule has 0 spiro atoms. The van der Waals surface area contributed by atoms with Crippen LogP contribution in [-0.4, -0.2) is 13.0 Å². The molecule has 0 saturated carbocycles. The van der Waals surface area contributed by atoms with E-state index in [9.17, 15) is 4.79 Å². The van der Waals surface area contributed by atoms with Gasteiger partial charge in [-0.2, -0.15) is 0 Å². The first-order valence-electron chi connectivity index (χ1n) is 6.12. The van der Waals surface area contributed by atoms with Crippen molar-refractivity contribution in [2.24, 2.45) is 0 Å². The Morgan fingerprint density at radius 1 is 1.21 bits per heavy atom. The lowest BCUT2D eigenvalue weighted by atomic mass is 10.1. The Balaban J connectivity index is 1.83. The highest BCUT2D eigenvalue weighted by Crippen LogP contribution is 2.11. The number of benzene rings is 1. The minimum atomic E-state index is -0.0285. The molecule has 2 rings (SSSR count). The normalized spacial score (nSPS) is 10.2. The van der Waals surface area contributed by atoms with Crippen molar-refractivity contribution >= 4 is 5.91 Å². The number of nitrogens with one attached hydrogen (secondary N) is 1. The molecule has 0 unspecified atom stereocenters. The zero-order valence-corrected chi connectivity index (χ0v) is 11.1. The van der Waals surface area contributed by atoms with Crippen molar-refractivity contribution in [3.05, 3.63) is 53.5 Å². The van der Waals surface area contributed by atoms with Crippen molar-refractivity contribution in [1.29, 1.82) is 0 Å². The first-order valence-corrected chi connectivity index (χ1v) is 6.12. The lowest BCUT2D eigenvalue weighted by Crippen LogP contribution is -2.24. The molecular weight excluding hydrogens is 242 g/mol. The Morgan fingerprint density at radius 3 is 2.53 bits per heavy atom. The van der Waals surface area contributed by atoms with Gasteiger partial charge in [0.25, 0.3) is 0 Å². The highest BCUT2D eigenvalue weighted by molar-refractivity contribution is 5.78. The van der Waals surface area contributed by atoms with E-state index in [0.717, 1.165) is 22.8 Å². The molecule has 1 N–H and O–H groups in total. The first-order chi connectivity index (χ1) is 9.17. The molecule has 1 aromatic heterocycles. The molecule has 0 saturated heterocycles. The predicted octanol–water partition coefficient (Wildman–Crippen LogP) is 2.46. The monoisotopic (exact) mass is 259 g/mol. The number of hydrogen-bond acceptors (Lipinski definition) is 3. The summed E-state index contributed by atoms with van der Waals surface area (Å²) in [6.07, 6.45) is 0.351. The molecule has 2 aromatic rings. The van der Waals surface area contributed by atoms with E-state index in [2.05, 4.69) is 5.32 Å². The maximum Gasteiger partial charge on any atom is 0.224 e. The number of methoxy groups -OCH3 is 1. The molecule has 0 aliphatic rings. The molecule has 4 nitrogen and oxygen atoms in total. The van der Waals surface area contributed by atoms with Crippen LogP contribution < -0.4 is 10.1 Å². The van der Waals surface area contributed by atoms with Crippen molar-refractivity contribution in [3.63, 3.8) is 0 Å². The van der Waals surface area contributed by atoms with Gasteiger partial charge in [-0.15, -0.1) is 0 Å². The van der Waals surface area contributed by atoms with Crippen LogP contribution in [0.2, 0.25) is 0 Å². The fraction of sp³-hybridized carbons (Fsp3) is 0.267. The van der Waals surface area contributed by atoms with Gasteiger partial charge in [0, 0.05) is 0 Å². The largest absolute Gasteiger partial charge is 0.497 e. The number of carbonyl (C=O) groups is 1.